The van der Waals surface area contributed by atoms with E-state index in [1.807, 2.05) is 0 Å². The highest BCUT2D eigenvalue weighted by Gasteiger charge is 2.02. The second-order valence-electron chi connectivity index (χ2n) is 5.12. The molecule has 0 aliphatic heterocycles. The Labute approximate surface area is 108 Å². The Bertz CT molecular complexity index is 139. The Kier molecular flexibility index (Phi) is 13.9. The summed E-state index contributed by atoms with van der Waals surface area (Å²) in [6.07, 6.45) is 12.7. The lowest BCUT2D eigenvalue weighted by molar-refractivity contribution is 0.158. The van der Waals surface area contributed by atoms with Crippen LogP contribution in [0.3, 0.4) is 0 Å². The second-order valence-corrected chi connectivity index (χ2v) is 5.12. The minimum atomic E-state index is -0.137. The number of nitrogens with one attached hydrogen (secondary N) is 1. The number of unbranched alkanes of at least 4 members (excludes halogenated alkanes) is 7. The molecule has 0 aromatic carbocycles. The maximum absolute atomic E-state index is 9.69. The molecule has 0 spiro atoms. The Hall–Kier alpha value is -0.0800. The fourth-order valence-corrected chi connectivity index (χ4v) is 2.06. The highest BCUT2D eigenvalue weighted by atomic mass is 16.3. The van der Waals surface area contributed by atoms with E-state index in [9.17, 15) is 5.11 Å². The maximum Gasteiger partial charge on any atom is 0.0664 e. The molecule has 0 aliphatic rings. The van der Waals surface area contributed by atoms with Gasteiger partial charge in [-0.2, -0.15) is 0 Å². The van der Waals surface area contributed by atoms with E-state index in [0.717, 1.165) is 25.9 Å². The van der Waals surface area contributed by atoms with Crippen LogP contribution >= 0.6 is 0 Å². The average Bonchev–Trinajstić information content (AvgIpc) is 2.33. The molecular weight excluding hydrogens is 210 g/mol. The number of hydrogen-bond acceptors (Lipinski definition) is 2. The first-order valence-corrected chi connectivity index (χ1v) is 7.70. The first kappa shape index (κ1) is 16.9. The van der Waals surface area contributed by atoms with Crippen LogP contribution in [0.4, 0.5) is 0 Å². The van der Waals surface area contributed by atoms with Crippen molar-refractivity contribution in [1.29, 1.82) is 0 Å². The molecule has 2 heteroatoms. The van der Waals surface area contributed by atoms with Crippen molar-refractivity contribution in [3.8, 4) is 0 Å². The van der Waals surface area contributed by atoms with Gasteiger partial charge in [0.15, 0.2) is 0 Å². The quantitative estimate of drug-likeness (QED) is 0.481. The summed E-state index contributed by atoms with van der Waals surface area (Å²) in [5.74, 6) is 0. The largest absolute Gasteiger partial charge is 0.392 e. The zero-order valence-electron chi connectivity index (χ0n) is 12.0. The zero-order chi connectivity index (χ0) is 12.8. The number of aliphatic hydroxyl groups is 1. The predicted molar refractivity (Wildman–Crippen MR) is 76.4 cm³/mol. The van der Waals surface area contributed by atoms with Gasteiger partial charge < -0.3 is 10.4 Å². The number of hydrogen-bond donors (Lipinski definition) is 2. The maximum atomic E-state index is 9.69. The van der Waals surface area contributed by atoms with Gasteiger partial charge in [0, 0.05) is 6.54 Å². The highest BCUT2D eigenvalue weighted by molar-refractivity contribution is 4.59. The van der Waals surface area contributed by atoms with Gasteiger partial charge in [0.2, 0.25) is 0 Å². The fourth-order valence-electron chi connectivity index (χ4n) is 2.06. The molecule has 2 N–H and O–H groups in total. The van der Waals surface area contributed by atoms with Crippen molar-refractivity contribution in [1.82, 2.24) is 5.32 Å². The van der Waals surface area contributed by atoms with E-state index in [4.69, 9.17) is 0 Å². The summed E-state index contributed by atoms with van der Waals surface area (Å²) in [6.45, 7) is 6.20. The Morgan fingerprint density at radius 3 is 2.00 bits per heavy atom. The SMILES string of the molecule is CCCCCCCCCCC(O)CNCCC. The van der Waals surface area contributed by atoms with Crippen LogP contribution in [0.25, 0.3) is 0 Å². The van der Waals surface area contributed by atoms with E-state index < -0.39 is 0 Å². The van der Waals surface area contributed by atoms with Crippen LogP contribution in [-0.4, -0.2) is 24.3 Å². The van der Waals surface area contributed by atoms with Gasteiger partial charge in [0.1, 0.15) is 0 Å². The molecule has 0 aromatic rings. The van der Waals surface area contributed by atoms with E-state index in [1.54, 1.807) is 0 Å². The van der Waals surface area contributed by atoms with Gasteiger partial charge in [-0.1, -0.05) is 65.2 Å². The second kappa shape index (κ2) is 14.0. The van der Waals surface area contributed by atoms with Crippen LogP contribution in [0.2, 0.25) is 0 Å². The van der Waals surface area contributed by atoms with Gasteiger partial charge in [-0.15, -0.1) is 0 Å². The van der Waals surface area contributed by atoms with E-state index in [2.05, 4.69) is 19.2 Å². The van der Waals surface area contributed by atoms with Gasteiger partial charge in [-0.3, -0.25) is 0 Å². The number of rotatable bonds is 13. The summed E-state index contributed by atoms with van der Waals surface area (Å²) in [4.78, 5) is 0. The first-order chi connectivity index (χ1) is 8.31. The van der Waals surface area contributed by atoms with Crippen LogP contribution in [0.15, 0.2) is 0 Å². The van der Waals surface area contributed by atoms with Gasteiger partial charge in [0.05, 0.1) is 6.10 Å². The molecule has 1 unspecified atom stereocenters. The third-order valence-electron chi connectivity index (χ3n) is 3.20. The van der Waals surface area contributed by atoms with E-state index in [1.165, 1.54) is 51.4 Å². The highest BCUT2D eigenvalue weighted by Crippen LogP contribution is 2.10. The molecule has 0 saturated carbocycles. The molecule has 0 aliphatic carbocycles. The lowest BCUT2D eigenvalue weighted by atomic mass is 10.1. The smallest absolute Gasteiger partial charge is 0.0664 e. The number of aliphatic hydroxyl groups excluding tert-OH is 1. The van der Waals surface area contributed by atoms with E-state index in [0.29, 0.717) is 0 Å². The molecule has 0 saturated heterocycles. The van der Waals surface area contributed by atoms with Crippen LogP contribution in [-0.2, 0) is 0 Å². The van der Waals surface area contributed by atoms with Crippen LogP contribution < -0.4 is 5.32 Å². The summed E-state index contributed by atoms with van der Waals surface area (Å²) in [5.41, 5.74) is 0. The molecule has 0 aromatic heterocycles. The lowest BCUT2D eigenvalue weighted by Crippen LogP contribution is -2.27. The molecule has 104 valence electrons. The minimum Gasteiger partial charge on any atom is -0.392 e. The van der Waals surface area contributed by atoms with Crippen LogP contribution in [0.1, 0.15) is 78.1 Å². The van der Waals surface area contributed by atoms with Gasteiger partial charge in [0.25, 0.3) is 0 Å². The monoisotopic (exact) mass is 243 g/mol. The molecular formula is C15H33NO. The third kappa shape index (κ3) is 13.9. The topological polar surface area (TPSA) is 32.3 Å². The van der Waals surface area contributed by atoms with E-state index >= 15 is 0 Å². The van der Waals surface area contributed by atoms with Crippen LogP contribution in [0.5, 0.6) is 0 Å². The summed E-state index contributed by atoms with van der Waals surface area (Å²) >= 11 is 0. The Balaban J connectivity index is 3.05. The van der Waals surface area contributed by atoms with Crippen molar-refractivity contribution in [3.63, 3.8) is 0 Å². The Morgan fingerprint density at radius 1 is 0.824 bits per heavy atom. The summed E-state index contributed by atoms with van der Waals surface area (Å²) in [6, 6.07) is 0. The van der Waals surface area contributed by atoms with Crippen molar-refractivity contribution in [2.24, 2.45) is 0 Å². The first-order valence-electron chi connectivity index (χ1n) is 7.70. The van der Waals surface area contributed by atoms with E-state index in [-0.39, 0.29) is 6.10 Å². The van der Waals surface area contributed by atoms with Crippen molar-refractivity contribution >= 4 is 0 Å². The molecule has 0 radical (unpaired) electrons. The van der Waals surface area contributed by atoms with Gasteiger partial charge in [-0.25, -0.2) is 0 Å². The minimum absolute atomic E-state index is 0.137. The molecule has 1 atom stereocenters. The molecule has 0 heterocycles. The predicted octanol–water partition coefficient (Wildman–Crippen LogP) is 3.88. The van der Waals surface area contributed by atoms with Crippen molar-refractivity contribution in [3.05, 3.63) is 0 Å². The normalized spacial score (nSPS) is 12.9. The lowest BCUT2D eigenvalue weighted by Gasteiger charge is -2.11. The van der Waals surface area contributed by atoms with Crippen molar-refractivity contribution in [2.75, 3.05) is 13.1 Å². The molecule has 0 fully saturated rings. The molecule has 0 rings (SSSR count). The van der Waals surface area contributed by atoms with Gasteiger partial charge in [-0.05, 0) is 19.4 Å². The Morgan fingerprint density at radius 2 is 1.41 bits per heavy atom. The molecule has 17 heavy (non-hydrogen) atoms. The van der Waals surface area contributed by atoms with Crippen molar-refractivity contribution < 1.29 is 5.11 Å². The van der Waals surface area contributed by atoms with Gasteiger partial charge >= 0.3 is 0 Å². The molecule has 2 nitrogen and oxygen atoms in total. The van der Waals surface area contributed by atoms with Crippen LogP contribution in [0, 0.1) is 0 Å². The molecule has 0 bridgehead atoms. The summed E-state index contributed by atoms with van der Waals surface area (Å²) in [5, 5.41) is 12.9. The average molecular weight is 243 g/mol. The summed E-state index contributed by atoms with van der Waals surface area (Å²) in [7, 11) is 0. The standard InChI is InChI=1S/C15H33NO/c1-3-5-6-7-8-9-10-11-12-15(17)14-16-13-4-2/h15-17H,3-14H2,1-2H3. The third-order valence-corrected chi connectivity index (χ3v) is 3.20. The molecule has 0 amide bonds. The van der Waals surface area contributed by atoms with Crippen molar-refractivity contribution in [2.45, 2.75) is 84.2 Å². The zero-order valence-corrected chi connectivity index (χ0v) is 12.0. The fraction of sp³-hybridized carbons (Fsp3) is 1.00. The summed E-state index contributed by atoms with van der Waals surface area (Å²) < 4.78 is 0.